The smallest absolute Gasteiger partial charge is 0.225 e. The number of nitrogens with zero attached hydrogens (tertiary/aromatic N) is 3. The number of amides is 1. The lowest BCUT2D eigenvalue weighted by Gasteiger charge is -2.35. The molecule has 2 heterocycles. The van der Waals surface area contributed by atoms with Crippen LogP contribution in [-0.2, 0) is 11.3 Å². The third kappa shape index (κ3) is 2.88. The van der Waals surface area contributed by atoms with Crippen LogP contribution in [0.3, 0.4) is 0 Å². The van der Waals surface area contributed by atoms with E-state index in [-0.39, 0.29) is 5.91 Å². The third-order valence-electron chi connectivity index (χ3n) is 3.26. The minimum absolute atomic E-state index is 0.0509. The van der Waals surface area contributed by atoms with Gasteiger partial charge in [-0.2, -0.15) is 0 Å². The summed E-state index contributed by atoms with van der Waals surface area (Å²) in [7, 11) is 2.12. The number of hydrogen-bond acceptors (Lipinski definition) is 5. The number of anilines is 1. The highest BCUT2D eigenvalue weighted by Crippen LogP contribution is 2.21. The van der Waals surface area contributed by atoms with Gasteiger partial charge in [-0.3, -0.25) is 14.6 Å². The maximum atomic E-state index is 11.4. The molecule has 1 aromatic rings. The van der Waals surface area contributed by atoms with Gasteiger partial charge in [0.05, 0.1) is 5.69 Å². The molecule has 0 unspecified atom stereocenters. The lowest BCUT2D eigenvalue weighted by atomic mass is 10.1. The number of carbonyl (C=O) groups excluding carboxylic acids is 1. The highest BCUT2D eigenvalue weighted by Gasteiger charge is 2.22. The van der Waals surface area contributed by atoms with Gasteiger partial charge in [0.2, 0.25) is 5.91 Å². The fraction of sp³-hybridized carbons (Fsp3) is 0.667. The van der Waals surface area contributed by atoms with Crippen LogP contribution < -0.4 is 10.2 Å². The Morgan fingerprint density at radius 1 is 1.61 bits per heavy atom. The Balaban J connectivity index is 1.98. The Hall–Kier alpha value is -0.980. The number of rotatable bonds is 5. The van der Waals surface area contributed by atoms with E-state index in [2.05, 4.69) is 22.2 Å². The second-order valence-electron chi connectivity index (χ2n) is 4.61. The number of aromatic nitrogens is 1. The summed E-state index contributed by atoms with van der Waals surface area (Å²) >= 11 is 1.54. The summed E-state index contributed by atoms with van der Waals surface area (Å²) in [4.78, 5) is 20.0. The fourth-order valence-electron chi connectivity index (χ4n) is 1.96. The number of likely N-dealkylation sites (N-methyl/N-ethyl adjacent to an activating group) is 1. The third-order valence-corrected chi connectivity index (χ3v) is 4.17. The fourth-order valence-corrected chi connectivity index (χ4v) is 2.88. The van der Waals surface area contributed by atoms with E-state index in [0.29, 0.717) is 12.6 Å². The van der Waals surface area contributed by atoms with Crippen molar-refractivity contribution in [2.45, 2.75) is 26.4 Å². The first kappa shape index (κ1) is 13.5. The van der Waals surface area contributed by atoms with E-state index in [0.717, 1.165) is 30.5 Å². The molecule has 18 heavy (non-hydrogen) atoms. The molecule has 0 bridgehead atoms. The number of carbonyl (C=O) groups is 1. The molecule has 5 nitrogen and oxygen atoms in total. The van der Waals surface area contributed by atoms with Gasteiger partial charge < -0.3 is 5.32 Å². The molecule has 1 saturated heterocycles. The summed E-state index contributed by atoms with van der Waals surface area (Å²) in [5, 5.41) is 6.11. The molecular formula is C12H20N4OS. The number of hydrogen-bond donors (Lipinski definition) is 1. The highest BCUT2D eigenvalue weighted by molar-refractivity contribution is 7.14. The van der Waals surface area contributed by atoms with Crippen LogP contribution in [0.15, 0.2) is 5.38 Å². The topological polar surface area (TPSA) is 48.5 Å². The van der Waals surface area contributed by atoms with Crippen LogP contribution in [0.4, 0.5) is 5.13 Å². The molecular weight excluding hydrogens is 248 g/mol. The molecule has 6 heteroatoms. The van der Waals surface area contributed by atoms with Crippen molar-refractivity contribution in [3.63, 3.8) is 0 Å². The molecule has 0 aliphatic carbocycles. The van der Waals surface area contributed by atoms with E-state index in [1.807, 2.05) is 12.3 Å². The van der Waals surface area contributed by atoms with Gasteiger partial charge in [0, 0.05) is 44.5 Å². The second-order valence-corrected chi connectivity index (χ2v) is 5.45. The quantitative estimate of drug-likeness (QED) is 0.863. The predicted molar refractivity (Wildman–Crippen MR) is 73.9 cm³/mol. The SMILES string of the molecule is CCN(C(C)=O)c1nc(CN(C)C2CNC2)cs1. The van der Waals surface area contributed by atoms with Crippen LogP contribution in [0.1, 0.15) is 19.5 Å². The van der Waals surface area contributed by atoms with Crippen LogP contribution in [0.2, 0.25) is 0 Å². The molecule has 0 radical (unpaired) electrons. The van der Waals surface area contributed by atoms with Gasteiger partial charge in [-0.05, 0) is 14.0 Å². The average molecular weight is 268 g/mol. The monoisotopic (exact) mass is 268 g/mol. The first-order chi connectivity index (χ1) is 8.61. The summed E-state index contributed by atoms with van der Waals surface area (Å²) in [6, 6.07) is 0.616. The minimum atomic E-state index is 0.0509. The van der Waals surface area contributed by atoms with E-state index in [1.165, 1.54) is 0 Å². The summed E-state index contributed by atoms with van der Waals surface area (Å²) in [5.41, 5.74) is 1.05. The number of thiazole rings is 1. The molecule has 2 rings (SSSR count). The largest absolute Gasteiger partial charge is 0.314 e. The van der Waals surface area contributed by atoms with Gasteiger partial charge in [0.25, 0.3) is 0 Å². The van der Waals surface area contributed by atoms with E-state index in [4.69, 9.17) is 0 Å². The Bertz CT molecular complexity index is 416. The molecule has 0 spiro atoms. The molecule has 0 atom stereocenters. The first-order valence-electron chi connectivity index (χ1n) is 6.25. The molecule has 0 saturated carbocycles. The van der Waals surface area contributed by atoms with E-state index >= 15 is 0 Å². The Labute approximate surface area is 112 Å². The maximum Gasteiger partial charge on any atom is 0.225 e. The highest BCUT2D eigenvalue weighted by atomic mass is 32.1. The van der Waals surface area contributed by atoms with Crippen molar-refractivity contribution < 1.29 is 4.79 Å². The van der Waals surface area contributed by atoms with Crippen molar-refractivity contribution in [2.24, 2.45) is 0 Å². The standard InChI is InChI=1S/C12H20N4OS/c1-4-16(9(2)17)12-14-10(8-18-12)7-15(3)11-5-13-6-11/h8,11,13H,4-7H2,1-3H3. The maximum absolute atomic E-state index is 11.4. The van der Waals surface area contributed by atoms with E-state index in [9.17, 15) is 4.79 Å². The van der Waals surface area contributed by atoms with Crippen molar-refractivity contribution in [1.82, 2.24) is 15.2 Å². The molecule has 0 aromatic carbocycles. The van der Waals surface area contributed by atoms with Gasteiger partial charge in [0.15, 0.2) is 5.13 Å². The summed E-state index contributed by atoms with van der Waals surface area (Å²) in [6.45, 7) is 7.18. The first-order valence-corrected chi connectivity index (χ1v) is 7.13. The van der Waals surface area contributed by atoms with Crippen molar-refractivity contribution in [2.75, 3.05) is 31.6 Å². The van der Waals surface area contributed by atoms with Crippen LogP contribution in [0.25, 0.3) is 0 Å². The normalized spacial score (nSPS) is 15.8. The second kappa shape index (κ2) is 5.77. The molecule has 1 N–H and O–H groups in total. The molecule has 1 fully saturated rings. The van der Waals surface area contributed by atoms with Crippen molar-refractivity contribution in [3.05, 3.63) is 11.1 Å². The van der Waals surface area contributed by atoms with Crippen LogP contribution in [0, 0.1) is 0 Å². The lowest BCUT2D eigenvalue weighted by molar-refractivity contribution is -0.116. The van der Waals surface area contributed by atoms with Crippen molar-refractivity contribution >= 4 is 22.4 Å². The van der Waals surface area contributed by atoms with Crippen LogP contribution in [0.5, 0.6) is 0 Å². The Kier molecular flexibility index (Phi) is 4.31. The molecule has 1 aliphatic rings. The van der Waals surface area contributed by atoms with Crippen molar-refractivity contribution in [1.29, 1.82) is 0 Å². The molecule has 1 amide bonds. The minimum Gasteiger partial charge on any atom is -0.314 e. The van der Waals surface area contributed by atoms with Gasteiger partial charge >= 0.3 is 0 Å². The molecule has 100 valence electrons. The zero-order valence-corrected chi connectivity index (χ0v) is 12.0. The zero-order chi connectivity index (χ0) is 13.1. The van der Waals surface area contributed by atoms with Gasteiger partial charge in [-0.25, -0.2) is 4.98 Å². The predicted octanol–water partition coefficient (Wildman–Crippen LogP) is 0.919. The van der Waals surface area contributed by atoms with Crippen LogP contribution in [-0.4, -0.2) is 48.5 Å². The summed E-state index contributed by atoms with van der Waals surface area (Å²) in [5.74, 6) is 0.0509. The Morgan fingerprint density at radius 3 is 2.83 bits per heavy atom. The average Bonchev–Trinajstić information content (AvgIpc) is 2.63. The van der Waals surface area contributed by atoms with Crippen molar-refractivity contribution in [3.8, 4) is 0 Å². The molecule has 1 aromatic heterocycles. The summed E-state index contributed by atoms with van der Waals surface area (Å²) in [6.07, 6.45) is 0. The molecule has 1 aliphatic heterocycles. The van der Waals surface area contributed by atoms with E-state index < -0.39 is 0 Å². The van der Waals surface area contributed by atoms with Gasteiger partial charge in [-0.1, -0.05) is 0 Å². The lowest BCUT2D eigenvalue weighted by Crippen LogP contribution is -2.55. The van der Waals surface area contributed by atoms with Gasteiger partial charge in [0.1, 0.15) is 0 Å². The van der Waals surface area contributed by atoms with Crippen LogP contribution >= 0.6 is 11.3 Å². The van der Waals surface area contributed by atoms with E-state index in [1.54, 1.807) is 23.2 Å². The number of nitrogens with one attached hydrogen (secondary N) is 1. The zero-order valence-electron chi connectivity index (χ0n) is 11.1. The summed E-state index contributed by atoms with van der Waals surface area (Å²) < 4.78 is 0. The van der Waals surface area contributed by atoms with Gasteiger partial charge in [-0.15, -0.1) is 11.3 Å². The Morgan fingerprint density at radius 2 is 2.33 bits per heavy atom.